The first-order valence-corrected chi connectivity index (χ1v) is 6.79. The number of nitrogens with one attached hydrogen (secondary N) is 2. The van der Waals surface area contributed by atoms with E-state index in [-0.39, 0.29) is 5.82 Å². The van der Waals surface area contributed by atoms with Crippen LogP contribution in [-0.4, -0.2) is 28.0 Å². The van der Waals surface area contributed by atoms with Gasteiger partial charge in [-0.1, -0.05) is 0 Å². The zero-order valence-electron chi connectivity index (χ0n) is 10.8. The van der Waals surface area contributed by atoms with Crippen molar-refractivity contribution in [3.63, 3.8) is 0 Å². The Morgan fingerprint density at radius 1 is 1.47 bits per heavy atom. The Balaban J connectivity index is 1.62. The van der Waals surface area contributed by atoms with Gasteiger partial charge in [-0.2, -0.15) is 0 Å². The molecular weight excluding hydrogens is 244 g/mol. The molecule has 1 unspecified atom stereocenters. The zero-order valence-corrected chi connectivity index (χ0v) is 10.8. The van der Waals surface area contributed by atoms with Crippen LogP contribution in [0.5, 0.6) is 0 Å². The van der Waals surface area contributed by atoms with E-state index in [4.69, 9.17) is 0 Å². The maximum Gasteiger partial charge on any atom is 0.363 e. The zero-order chi connectivity index (χ0) is 13.3. The van der Waals surface area contributed by atoms with E-state index < -0.39 is 4.92 Å². The summed E-state index contributed by atoms with van der Waals surface area (Å²) >= 11 is 0. The van der Waals surface area contributed by atoms with Gasteiger partial charge in [-0.25, -0.2) is 0 Å². The normalized spacial score (nSPS) is 24.7. The first kappa shape index (κ1) is 12.3. The molecule has 1 aliphatic heterocycles. The van der Waals surface area contributed by atoms with Gasteiger partial charge in [0.15, 0.2) is 6.20 Å². The largest absolute Gasteiger partial charge is 0.379 e. The number of pyridine rings is 1. The molecule has 102 valence electrons. The first-order valence-electron chi connectivity index (χ1n) is 6.79. The summed E-state index contributed by atoms with van der Waals surface area (Å²) in [5.41, 5.74) is 1.22. The van der Waals surface area contributed by atoms with E-state index >= 15 is 0 Å². The van der Waals surface area contributed by atoms with E-state index in [1.807, 2.05) is 0 Å². The van der Waals surface area contributed by atoms with Crippen LogP contribution in [0.2, 0.25) is 0 Å². The molecule has 2 N–H and O–H groups in total. The summed E-state index contributed by atoms with van der Waals surface area (Å²) < 4.78 is 0. The number of anilines is 1. The van der Waals surface area contributed by atoms with Gasteiger partial charge in [-0.3, -0.25) is 0 Å². The average molecular weight is 262 g/mol. The Morgan fingerprint density at radius 3 is 2.89 bits per heavy atom. The summed E-state index contributed by atoms with van der Waals surface area (Å²) in [7, 11) is 0. The van der Waals surface area contributed by atoms with Crippen LogP contribution in [0.4, 0.5) is 11.5 Å². The number of nitrogens with zero attached hydrogens (tertiary/aromatic N) is 2. The van der Waals surface area contributed by atoms with E-state index in [1.165, 1.54) is 25.3 Å². The molecule has 1 atom stereocenters. The molecule has 2 heterocycles. The summed E-state index contributed by atoms with van der Waals surface area (Å²) in [6.45, 7) is 1.04. The van der Waals surface area contributed by atoms with Crippen molar-refractivity contribution in [1.82, 2.24) is 10.3 Å². The molecule has 6 nitrogen and oxygen atoms in total. The monoisotopic (exact) mass is 262 g/mol. The molecule has 6 heteroatoms. The third-order valence-corrected chi connectivity index (χ3v) is 4.25. The van der Waals surface area contributed by atoms with Crippen LogP contribution in [0.25, 0.3) is 0 Å². The third-order valence-electron chi connectivity index (χ3n) is 4.25. The van der Waals surface area contributed by atoms with Crippen molar-refractivity contribution in [2.75, 3.05) is 11.9 Å². The van der Waals surface area contributed by atoms with Crippen LogP contribution in [0.3, 0.4) is 0 Å². The number of piperidine rings is 1. The Labute approximate surface area is 111 Å². The molecule has 3 rings (SSSR count). The third kappa shape index (κ3) is 2.53. The van der Waals surface area contributed by atoms with Gasteiger partial charge in [0.05, 0.1) is 5.69 Å². The first-order chi connectivity index (χ1) is 9.17. The minimum atomic E-state index is -0.475. The molecule has 2 aliphatic rings. The van der Waals surface area contributed by atoms with E-state index in [2.05, 4.69) is 15.6 Å². The van der Waals surface area contributed by atoms with Gasteiger partial charge >= 0.3 is 5.82 Å². The number of rotatable bonds is 3. The molecule has 1 spiro atoms. The molecular formula is C13H18N4O2. The van der Waals surface area contributed by atoms with Crippen molar-refractivity contribution >= 4 is 11.5 Å². The van der Waals surface area contributed by atoms with Gasteiger partial charge < -0.3 is 20.7 Å². The van der Waals surface area contributed by atoms with Crippen molar-refractivity contribution in [1.29, 1.82) is 0 Å². The Morgan fingerprint density at radius 2 is 2.32 bits per heavy atom. The van der Waals surface area contributed by atoms with Crippen molar-refractivity contribution in [3.05, 3.63) is 28.4 Å². The summed E-state index contributed by atoms with van der Waals surface area (Å²) in [4.78, 5) is 13.9. The van der Waals surface area contributed by atoms with Crippen LogP contribution in [0.15, 0.2) is 18.3 Å². The van der Waals surface area contributed by atoms with Crippen molar-refractivity contribution in [2.24, 2.45) is 0 Å². The van der Waals surface area contributed by atoms with Gasteiger partial charge in [-0.05, 0) is 54.6 Å². The fourth-order valence-electron chi connectivity index (χ4n) is 3.08. The van der Waals surface area contributed by atoms with Crippen LogP contribution < -0.4 is 10.6 Å². The number of hydrogen-bond acceptors (Lipinski definition) is 5. The minimum Gasteiger partial charge on any atom is -0.379 e. The summed E-state index contributed by atoms with van der Waals surface area (Å²) in [5, 5.41) is 17.6. The van der Waals surface area contributed by atoms with Gasteiger partial charge in [0.25, 0.3) is 0 Å². The average Bonchev–Trinajstić information content (AvgIpc) is 2.38. The quantitative estimate of drug-likeness (QED) is 0.644. The fourth-order valence-corrected chi connectivity index (χ4v) is 3.08. The minimum absolute atomic E-state index is 0.105. The van der Waals surface area contributed by atoms with Gasteiger partial charge in [0.1, 0.15) is 0 Å². The predicted octanol–water partition coefficient (Wildman–Crippen LogP) is 2.08. The maximum atomic E-state index is 10.5. The highest BCUT2D eigenvalue weighted by molar-refractivity contribution is 5.44. The molecule has 19 heavy (non-hydrogen) atoms. The number of aromatic nitrogens is 1. The Hall–Kier alpha value is -1.69. The van der Waals surface area contributed by atoms with Gasteiger partial charge in [0, 0.05) is 17.6 Å². The second-order valence-corrected chi connectivity index (χ2v) is 5.56. The second kappa shape index (κ2) is 4.77. The van der Waals surface area contributed by atoms with E-state index in [0.29, 0.717) is 11.6 Å². The lowest BCUT2D eigenvalue weighted by Gasteiger charge is -2.48. The van der Waals surface area contributed by atoms with Crippen LogP contribution in [0, 0.1) is 10.1 Å². The highest BCUT2D eigenvalue weighted by Crippen LogP contribution is 2.38. The molecule has 1 aliphatic carbocycles. The summed E-state index contributed by atoms with van der Waals surface area (Å²) in [6.07, 6.45) is 7.61. The lowest BCUT2D eigenvalue weighted by Crippen LogP contribution is -2.58. The topological polar surface area (TPSA) is 80.1 Å². The SMILES string of the molecule is O=[N+]([O-])c1ccc(NC2CCNC3(CCC3)C2)cn1. The Kier molecular flexibility index (Phi) is 3.10. The van der Waals surface area contributed by atoms with Crippen molar-refractivity contribution in [3.8, 4) is 0 Å². The van der Waals surface area contributed by atoms with Gasteiger partial charge in [-0.15, -0.1) is 0 Å². The molecule has 1 aromatic rings. The summed E-state index contributed by atoms with van der Waals surface area (Å²) in [5.74, 6) is -0.105. The summed E-state index contributed by atoms with van der Waals surface area (Å²) in [6, 6.07) is 3.62. The maximum absolute atomic E-state index is 10.5. The Bertz CT molecular complexity index is 470. The molecule has 0 aromatic carbocycles. The smallest absolute Gasteiger partial charge is 0.363 e. The lowest BCUT2D eigenvalue weighted by molar-refractivity contribution is -0.389. The molecule has 2 fully saturated rings. The fraction of sp³-hybridized carbons (Fsp3) is 0.615. The van der Waals surface area contributed by atoms with E-state index in [1.54, 1.807) is 12.3 Å². The highest BCUT2D eigenvalue weighted by atomic mass is 16.6. The molecule has 1 aromatic heterocycles. The van der Waals surface area contributed by atoms with Crippen LogP contribution >= 0.6 is 0 Å². The molecule has 0 bridgehead atoms. The lowest BCUT2D eigenvalue weighted by atomic mass is 9.70. The van der Waals surface area contributed by atoms with Crippen molar-refractivity contribution < 1.29 is 4.92 Å². The standard InChI is InChI=1S/C13H18N4O2/c18-17(19)12-3-2-11(9-14-12)16-10-4-7-15-13(8-10)5-1-6-13/h2-3,9-10,15-16H,1,4-8H2. The second-order valence-electron chi connectivity index (χ2n) is 5.56. The van der Waals surface area contributed by atoms with Gasteiger partial charge in [0.2, 0.25) is 0 Å². The van der Waals surface area contributed by atoms with Crippen LogP contribution in [0.1, 0.15) is 32.1 Å². The van der Waals surface area contributed by atoms with E-state index in [0.717, 1.165) is 25.1 Å². The molecule has 1 saturated heterocycles. The molecule has 1 saturated carbocycles. The van der Waals surface area contributed by atoms with E-state index in [9.17, 15) is 10.1 Å². The highest BCUT2D eigenvalue weighted by Gasteiger charge is 2.40. The number of nitro groups is 1. The molecule has 0 amide bonds. The number of hydrogen-bond donors (Lipinski definition) is 2. The van der Waals surface area contributed by atoms with Crippen LogP contribution in [-0.2, 0) is 0 Å². The van der Waals surface area contributed by atoms with Crippen molar-refractivity contribution in [2.45, 2.75) is 43.7 Å². The predicted molar refractivity (Wildman–Crippen MR) is 72.1 cm³/mol. The molecule has 0 radical (unpaired) electrons.